The van der Waals surface area contributed by atoms with Gasteiger partial charge in [-0.25, -0.2) is 0 Å². The van der Waals surface area contributed by atoms with Gasteiger partial charge in [-0.1, -0.05) is 36.9 Å². The van der Waals surface area contributed by atoms with E-state index in [0.717, 1.165) is 50.6 Å². The van der Waals surface area contributed by atoms with E-state index in [1.165, 1.54) is 16.8 Å². The normalized spacial score (nSPS) is 14.9. The highest BCUT2D eigenvalue weighted by Crippen LogP contribution is 2.28. The average Bonchev–Trinajstić information content (AvgIpc) is 2.72. The molecule has 0 N–H and O–H groups in total. The number of benzene rings is 2. The molecule has 4 heteroatoms. The van der Waals surface area contributed by atoms with Crippen molar-refractivity contribution in [3.05, 3.63) is 60.2 Å². The quantitative estimate of drug-likeness (QED) is 0.758. The Bertz CT molecular complexity index is 737. The van der Waals surface area contributed by atoms with Crippen molar-refractivity contribution in [1.29, 1.82) is 0 Å². The highest BCUT2D eigenvalue weighted by atomic mass is 16.5. The Kier molecular flexibility index (Phi) is 6.18. The van der Waals surface area contributed by atoms with E-state index in [2.05, 4.69) is 52.8 Å². The van der Waals surface area contributed by atoms with E-state index in [4.69, 9.17) is 9.47 Å². The van der Waals surface area contributed by atoms with E-state index in [1.807, 2.05) is 12.1 Å². The van der Waals surface area contributed by atoms with Crippen LogP contribution in [0, 0.1) is 0 Å². The van der Waals surface area contributed by atoms with Gasteiger partial charge in [-0.3, -0.25) is 4.90 Å². The molecule has 1 saturated heterocycles. The zero-order valence-corrected chi connectivity index (χ0v) is 15.8. The maximum absolute atomic E-state index is 5.40. The molecule has 1 heterocycles. The van der Waals surface area contributed by atoms with Crippen LogP contribution >= 0.6 is 0 Å². The zero-order valence-electron chi connectivity index (χ0n) is 15.8. The number of ether oxygens (including phenoxy) is 2. The van der Waals surface area contributed by atoms with Gasteiger partial charge < -0.3 is 14.4 Å². The van der Waals surface area contributed by atoms with Gasteiger partial charge in [0.1, 0.15) is 0 Å². The maximum atomic E-state index is 5.40. The Labute approximate surface area is 156 Å². The number of rotatable bonds is 7. The highest BCUT2D eigenvalue weighted by Gasteiger charge is 2.18. The zero-order chi connectivity index (χ0) is 18.4. The molecular formula is C22H28N2O2. The van der Waals surface area contributed by atoms with E-state index in [0.29, 0.717) is 0 Å². The standard InChI is InChI=1S/C22H28N2O2/c1-4-19-7-5-6-8-20(19)24-15-13-23(14-16-24)12-11-18-9-10-21(25-2)22(17-18)26-3/h4-10,17H,1,11-16H2,2-3H3. The van der Waals surface area contributed by atoms with Crippen molar-refractivity contribution in [2.45, 2.75) is 6.42 Å². The molecule has 0 aliphatic carbocycles. The van der Waals surface area contributed by atoms with Gasteiger partial charge in [0.25, 0.3) is 0 Å². The lowest BCUT2D eigenvalue weighted by Gasteiger charge is -2.36. The van der Waals surface area contributed by atoms with Crippen LogP contribution in [-0.4, -0.2) is 51.8 Å². The molecule has 2 aromatic rings. The highest BCUT2D eigenvalue weighted by molar-refractivity contribution is 5.66. The first kappa shape index (κ1) is 18.3. The summed E-state index contributed by atoms with van der Waals surface area (Å²) >= 11 is 0. The fourth-order valence-electron chi connectivity index (χ4n) is 3.48. The molecule has 2 aromatic carbocycles. The summed E-state index contributed by atoms with van der Waals surface area (Å²) in [4.78, 5) is 4.99. The van der Waals surface area contributed by atoms with Crippen LogP contribution in [0.4, 0.5) is 5.69 Å². The maximum Gasteiger partial charge on any atom is 0.160 e. The first-order valence-electron chi connectivity index (χ1n) is 9.15. The second kappa shape index (κ2) is 8.77. The number of hydrogen-bond donors (Lipinski definition) is 0. The van der Waals surface area contributed by atoms with Gasteiger partial charge in [0.15, 0.2) is 11.5 Å². The third-order valence-corrected chi connectivity index (χ3v) is 5.03. The molecule has 0 spiro atoms. The molecule has 0 amide bonds. The lowest BCUT2D eigenvalue weighted by atomic mass is 10.1. The van der Waals surface area contributed by atoms with Crippen molar-refractivity contribution in [2.24, 2.45) is 0 Å². The van der Waals surface area contributed by atoms with Crippen molar-refractivity contribution >= 4 is 11.8 Å². The molecule has 1 fully saturated rings. The third kappa shape index (κ3) is 4.20. The van der Waals surface area contributed by atoms with Crippen molar-refractivity contribution in [3.63, 3.8) is 0 Å². The monoisotopic (exact) mass is 352 g/mol. The van der Waals surface area contributed by atoms with Gasteiger partial charge in [0.05, 0.1) is 14.2 Å². The van der Waals surface area contributed by atoms with Crippen molar-refractivity contribution < 1.29 is 9.47 Å². The second-order valence-electron chi connectivity index (χ2n) is 6.53. The fraction of sp³-hybridized carbons (Fsp3) is 0.364. The van der Waals surface area contributed by atoms with Gasteiger partial charge in [0.2, 0.25) is 0 Å². The lowest BCUT2D eigenvalue weighted by molar-refractivity contribution is 0.261. The van der Waals surface area contributed by atoms with Crippen LogP contribution < -0.4 is 14.4 Å². The van der Waals surface area contributed by atoms with Crippen LogP contribution in [0.3, 0.4) is 0 Å². The van der Waals surface area contributed by atoms with Gasteiger partial charge in [0, 0.05) is 38.4 Å². The summed E-state index contributed by atoms with van der Waals surface area (Å²) in [6.45, 7) is 9.27. The summed E-state index contributed by atoms with van der Waals surface area (Å²) < 4.78 is 10.7. The first-order chi connectivity index (χ1) is 12.7. The Morgan fingerprint density at radius 1 is 0.962 bits per heavy atom. The minimum Gasteiger partial charge on any atom is -0.493 e. The number of para-hydroxylation sites is 1. The molecule has 4 nitrogen and oxygen atoms in total. The van der Waals surface area contributed by atoms with Crippen molar-refractivity contribution in [2.75, 3.05) is 51.8 Å². The molecular weight excluding hydrogens is 324 g/mol. The van der Waals surface area contributed by atoms with Crippen LogP contribution in [0.1, 0.15) is 11.1 Å². The largest absolute Gasteiger partial charge is 0.493 e. The summed E-state index contributed by atoms with van der Waals surface area (Å²) in [6, 6.07) is 14.7. The third-order valence-electron chi connectivity index (χ3n) is 5.03. The molecule has 138 valence electrons. The van der Waals surface area contributed by atoms with Crippen LogP contribution in [0.5, 0.6) is 11.5 Å². The molecule has 0 saturated carbocycles. The van der Waals surface area contributed by atoms with Gasteiger partial charge in [-0.2, -0.15) is 0 Å². The Balaban J connectivity index is 1.54. The number of anilines is 1. The Hall–Kier alpha value is -2.46. The van der Waals surface area contributed by atoms with E-state index in [1.54, 1.807) is 14.2 Å². The molecule has 3 rings (SSSR count). The predicted octanol–water partition coefficient (Wildman–Crippen LogP) is 3.71. The molecule has 1 aliphatic rings. The number of nitrogens with zero attached hydrogens (tertiary/aromatic N) is 2. The minimum absolute atomic E-state index is 0.783. The molecule has 26 heavy (non-hydrogen) atoms. The summed E-state index contributed by atoms with van der Waals surface area (Å²) in [5.41, 5.74) is 3.79. The SMILES string of the molecule is C=Cc1ccccc1N1CCN(CCc2ccc(OC)c(OC)c2)CC1. The van der Waals surface area contributed by atoms with Crippen molar-refractivity contribution in [1.82, 2.24) is 4.90 Å². The van der Waals surface area contributed by atoms with Crippen LogP contribution in [0.2, 0.25) is 0 Å². The summed E-state index contributed by atoms with van der Waals surface area (Å²) in [6.07, 6.45) is 2.96. The van der Waals surface area contributed by atoms with E-state index < -0.39 is 0 Å². The van der Waals surface area contributed by atoms with E-state index in [9.17, 15) is 0 Å². The number of piperazine rings is 1. The molecule has 0 atom stereocenters. The second-order valence-corrected chi connectivity index (χ2v) is 6.53. The van der Waals surface area contributed by atoms with Crippen LogP contribution in [0.15, 0.2) is 49.0 Å². The Morgan fingerprint density at radius 3 is 2.38 bits per heavy atom. The van der Waals surface area contributed by atoms with Crippen LogP contribution in [0.25, 0.3) is 6.08 Å². The van der Waals surface area contributed by atoms with E-state index in [-0.39, 0.29) is 0 Å². The average molecular weight is 352 g/mol. The van der Waals surface area contributed by atoms with E-state index >= 15 is 0 Å². The van der Waals surface area contributed by atoms with Gasteiger partial charge >= 0.3 is 0 Å². The molecule has 0 unspecified atom stereocenters. The lowest BCUT2D eigenvalue weighted by Crippen LogP contribution is -2.47. The predicted molar refractivity (Wildman–Crippen MR) is 108 cm³/mol. The summed E-state index contributed by atoms with van der Waals surface area (Å²) in [5, 5.41) is 0. The smallest absolute Gasteiger partial charge is 0.160 e. The molecule has 1 aliphatic heterocycles. The topological polar surface area (TPSA) is 24.9 Å². The van der Waals surface area contributed by atoms with Gasteiger partial charge in [-0.15, -0.1) is 0 Å². The molecule has 0 radical (unpaired) electrons. The number of hydrogen-bond acceptors (Lipinski definition) is 4. The minimum atomic E-state index is 0.783. The van der Waals surface area contributed by atoms with Gasteiger partial charge in [-0.05, 0) is 35.7 Å². The summed E-state index contributed by atoms with van der Waals surface area (Å²) in [7, 11) is 3.35. The molecule has 0 bridgehead atoms. The molecule has 0 aromatic heterocycles. The van der Waals surface area contributed by atoms with Crippen LogP contribution in [-0.2, 0) is 6.42 Å². The van der Waals surface area contributed by atoms with Crippen molar-refractivity contribution in [3.8, 4) is 11.5 Å². The Morgan fingerprint density at radius 2 is 1.69 bits per heavy atom. The first-order valence-corrected chi connectivity index (χ1v) is 9.15. The number of methoxy groups -OCH3 is 2. The summed E-state index contributed by atoms with van der Waals surface area (Å²) in [5.74, 6) is 1.58. The fourth-order valence-corrected chi connectivity index (χ4v) is 3.48.